The van der Waals surface area contributed by atoms with Crippen molar-refractivity contribution in [3.63, 3.8) is 0 Å². The molecule has 1 aromatic carbocycles. The maximum Gasteiger partial charge on any atom is 0.307 e. The minimum atomic E-state index is -1.12. The predicted molar refractivity (Wildman–Crippen MR) is 69.4 cm³/mol. The van der Waals surface area contributed by atoms with Gasteiger partial charge in [-0.15, -0.1) is 0 Å². The number of rotatable bonds is 5. The minimum Gasteiger partial charge on any atom is -0.481 e. The van der Waals surface area contributed by atoms with Crippen molar-refractivity contribution in [1.82, 2.24) is 0 Å². The smallest absolute Gasteiger partial charge is 0.307 e. The second-order valence-electron chi connectivity index (χ2n) is 4.49. The summed E-state index contributed by atoms with van der Waals surface area (Å²) in [6, 6.07) is 6.05. The molecule has 94 valence electrons. The van der Waals surface area contributed by atoms with Crippen molar-refractivity contribution < 1.29 is 14.1 Å². The summed E-state index contributed by atoms with van der Waals surface area (Å²) in [5.41, 5.74) is 3.30. The monoisotopic (exact) mass is 254 g/mol. The summed E-state index contributed by atoms with van der Waals surface area (Å²) in [7, 11) is -1.12. The molecule has 2 unspecified atom stereocenters. The van der Waals surface area contributed by atoms with Crippen LogP contribution in [0.4, 0.5) is 0 Å². The van der Waals surface area contributed by atoms with Gasteiger partial charge in [-0.05, 0) is 19.4 Å². The largest absolute Gasteiger partial charge is 0.481 e. The first-order valence-corrected chi connectivity index (χ1v) is 7.02. The van der Waals surface area contributed by atoms with Gasteiger partial charge < -0.3 is 5.11 Å². The van der Waals surface area contributed by atoms with E-state index in [9.17, 15) is 9.00 Å². The van der Waals surface area contributed by atoms with Crippen molar-refractivity contribution >= 4 is 16.8 Å². The lowest BCUT2D eigenvalue weighted by Crippen LogP contribution is -2.18. The highest BCUT2D eigenvalue weighted by Gasteiger charge is 2.15. The molecule has 0 aliphatic carbocycles. The van der Waals surface area contributed by atoms with Crippen LogP contribution in [-0.4, -0.2) is 21.0 Å². The fraction of sp³-hybridized carbons (Fsp3) is 0.462. The van der Waals surface area contributed by atoms with Gasteiger partial charge in [-0.2, -0.15) is 0 Å². The molecule has 1 rings (SSSR count). The van der Waals surface area contributed by atoms with Crippen LogP contribution < -0.4 is 0 Å². The van der Waals surface area contributed by atoms with E-state index in [4.69, 9.17) is 5.11 Å². The predicted octanol–water partition coefficient (Wildman–Crippen LogP) is 2.27. The number of aliphatic carboxylic acids is 1. The summed E-state index contributed by atoms with van der Waals surface area (Å²) >= 11 is 0. The highest BCUT2D eigenvalue weighted by atomic mass is 32.2. The van der Waals surface area contributed by atoms with Gasteiger partial charge in [0.25, 0.3) is 0 Å². The molecular weight excluding hydrogens is 236 g/mol. The van der Waals surface area contributed by atoms with Crippen LogP contribution >= 0.6 is 0 Å². The zero-order valence-corrected chi connectivity index (χ0v) is 11.2. The molecule has 0 radical (unpaired) electrons. The summed E-state index contributed by atoms with van der Waals surface area (Å²) in [5.74, 6) is -0.803. The van der Waals surface area contributed by atoms with Gasteiger partial charge in [0.1, 0.15) is 0 Å². The quantitative estimate of drug-likeness (QED) is 0.877. The Morgan fingerprint density at radius 2 is 1.82 bits per heavy atom. The van der Waals surface area contributed by atoms with Crippen LogP contribution in [0.2, 0.25) is 0 Å². The van der Waals surface area contributed by atoms with Crippen LogP contribution in [0, 0.1) is 19.8 Å². The van der Waals surface area contributed by atoms with Gasteiger partial charge in [0.05, 0.1) is 5.92 Å². The lowest BCUT2D eigenvalue weighted by atomic mass is 10.1. The minimum absolute atomic E-state index is 0.211. The third-order valence-corrected chi connectivity index (χ3v) is 3.99. The summed E-state index contributed by atoms with van der Waals surface area (Å²) in [6.07, 6.45) is 0. The Balaban J connectivity index is 2.65. The van der Waals surface area contributed by atoms with E-state index in [0.717, 1.165) is 16.7 Å². The molecule has 4 heteroatoms. The van der Waals surface area contributed by atoms with Gasteiger partial charge in [-0.1, -0.05) is 36.2 Å². The average molecular weight is 254 g/mol. The van der Waals surface area contributed by atoms with E-state index < -0.39 is 22.7 Å². The van der Waals surface area contributed by atoms with Crippen molar-refractivity contribution in [3.05, 3.63) is 34.9 Å². The van der Waals surface area contributed by atoms with Gasteiger partial charge in [0.2, 0.25) is 0 Å². The second-order valence-corrected chi connectivity index (χ2v) is 5.99. The Morgan fingerprint density at radius 1 is 1.29 bits per heavy atom. The van der Waals surface area contributed by atoms with Crippen LogP contribution in [0.3, 0.4) is 0 Å². The van der Waals surface area contributed by atoms with Crippen LogP contribution in [-0.2, 0) is 21.3 Å². The molecule has 2 atom stereocenters. The van der Waals surface area contributed by atoms with E-state index >= 15 is 0 Å². The number of hydrogen-bond donors (Lipinski definition) is 1. The maximum absolute atomic E-state index is 11.8. The molecule has 0 heterocycles. The molecule has 0 spiro atoms. The fourth-order valence-electron chi connectivity index (χ4n) is 1.75. The van der Waals surface area contributed by atoms with E-state index in [1.54, 1.807) is 6.92 Å². The van der Waals surface area contributed by atoms with E-state index in [-0.39, 0.29) is 5.75 Å². The van der Waals surface area contributed by atoms with Crippen molar-refractivity contribution in [3.8, 4) is 0 Å². The molecular formula is C13H18O3S. The number of aryl methyl sites for hydroxylation is 2. The Morgan fingerprint density at radius 3 is 2.29 bits per heavy atom. The molecule has 0 amide bonds. The van der Waals surface area contributed by atoms with E-state index in [0.29, 0.717) is 5.75 Å². The Bertz CT molecular complexity index is 420. The summed E-state index contributed by atoms with van der Waals surface area (Å²) in [6.45, 7) is 5.58. The molecule has 0 aliphatic rings. The molecule has 0 saturated carbocycles. The van der Waals surface area contributed by atoms with Gasteiger partial charge in [0.15, 0.2) is 0 Å². The van der Waals surface area contributed by atoms with Gasteiger partial charge in [-0.3, -0.25) is 9.00 Å². The number of benzene rings is 1. The molecule has 0 aromatic heterocycles. The topological polar surface area (TPSA) is 54.4 Å². The fourth-order valence-corrected chi connectivity index (χ4v) is 3.10. The van der Waals surface area contributed by atoms with Crippen molar-refractivity contribution in [2.45, 2.75) is 26.5 Å². The maximum atomic E-state index is 11.8. The summed E-state index contributed by atoms with van der Waals surface area (Å²) in [4.78, 5) is 10.7. The molecule has 17 heavy (non-hydrogen) atoms. The van der Waals surface area contributed by atoms with Crippen LogP contribution in [0.15, 0.2) is 18.2 Å². The van der Waals surface area contributed by atoms with Crippen molar-refractivity contribution in [1.29, 1.82) is 0 Å². The first-order valence-electron chi connectivity index (χ1n) is 5.53. The molecule has 1 N–H and O–H groups in total. The number of carboxylic acids is 1. The third kappa shape index (κ3) is 4.69. The Labute approximate surface area is 104 Å². The molecule has 3 nitrogen and oxygen atoms in total. The molecule has 0 saturated heterocycles. The Kier molecular flexibility index (Phi) is 4.87. The average Bonchev–Trinajstić information content (AvgIpc) is 2.14. The molecule has 0 fully saturated rings. The highest BCUT2D eigenvalue weighted by Crippen LogP contribution is 2.12. The third-order valence-electron chi connectivity index (χ3n) is 2.47. The molecule has 0 bridgehead atoms. The zero-order valence-electron chi connectivity index (χ0n) is 10.4. The first kappa shape index (κ1) is 13.9. The normalized spacial score (nSPS) is 14.3. The van der Waals surface area contributed by atoms with Crippen LogP contribution in [0.25, 0.3) is 0 Å². The van der Waals surface area contributed by atoms with E-state index in [1.165, 1.54) is 0 Å². The molecule has 0 aliphatic heterocycles. The van der Waals surface area contributed by atoms with E-state index in [1.807, 2.05) is 26.0 Å². The highest BCUT2D eigenvalue weighted by molar-refractivity contribution is 7.84. The van der Waals surface area contributed by atoms with Crippen LogP contribution in [0.1, 0.15) is 23.6 Å². The van der Waals surface area contributed by atoms with Gasteiger partial charge in [-0.25, -0.2) is 0 Å². The lowest BCUT2D eigenvalue weighted by Gasteiger charge is -2.07. The van der Waals surface area contributed by atoms with Crippen LogP contribution in [0.5, 0.6) is 0 Å². The van der Waals surface area contributed by atoms with Gasteiger partial charge >= 0.3 is 5.97 Å². The second kappa shape index (κ2) is 5.96. The summed E-state index contributed by atoms with van der Waals surface area (Å²) in [5, 5.41) is 8.75. The van der Waals surface area contributed by atoms with E-state index in [2.05, 4.69) is 6.07 Å². The standard InChI is InChI=1S/C13H18O3S/c1-9-4-10(2)6-12(5-9)8-17(16)7-11(3)13(14)15/h4-6,11H,7-8H2,1-3H3,(H,14,15). The van der Waals surface area contributed by atoms with Crippen molar-refractivity contribution in [2.24, 2.45) is 5.92 Å². The number of carbonyl (C=O) groups is 1. The lowest BCUT2D eigenvalue weighted by molar-refractivity contribution is -0.140. The van der Waals surface area contributed by atoms with Crippen molar-refractivity contribution in [2.75, 3.05) is 5.75 Å². The summed E-state index contributed by atoms with van der Waals surface area (Å²) < 4.78 is 11.8. The Hall–Kier alpha value is -1.16. The first-order chi connectivity index (χ1) is 7.88. The molecule has 1 aromatic rings. The van der Waals surface area contributed by atoms with Gasteiger partial charge in [0, 0.05) is 22.3 Å². The number of carboxylic acid groups (broad SMARTS) is 1. The zero-order chi connectivity index (χ0) is 13.0. The SMILES string of the molecule is Cc1cc(C)cc(CS(=O)CC(C)C(=O)O)c1. The number of hydrogen-bond acceptors (Lipinski definition) is 2.